The Morgan fingerprint density at radius 3 is 2.66 bits per heavy atom. The van der Waals surface area contributed by atoms with Gasteiger partial charge in [0, 0.05) is 16.4 Å². The number of nitrogens with one attached hydrogen (secondary N) is 3. The standard InChI is InChI=1S/C20H21ClN6O2/c1-11-3-7-14(8-4-11)23-19(22)27-20-25-16(18(29)26-20)10-17(28)24-15-9-13(21)6-5-12(15)2/h3-9,16H,10H2,1-2H3,(H,24,28)(H4,22,23,25,26,27,29). The second-order valence-corrected chi connectivity index (χ2v) is 7.09. The van der Waals surface area contributed by atoms with Crippen molar-refractivity contribution in [2.24, 2.45) is 15.7 Å². The van der Waals surface area contributed by atoms with E-state index >= 15 is 0 Å². The third kappa shape index (κ3) is 5.55. The maximum Gasteiger partial charge on any atom is 0.252 e. The summed E-state index contributed by atoms with van der Waals surface area (Å²) in [6, 6.07) is 11.9. The lowest BCUT2D eigenvalue weighted by atomic mass is 10.1. The molecular weight excluding hydrogens is 392 g/mol. The first-order valence-corrected chi connectivity index (χ1v) is 9.30. The second-order valence-electron chi connectivity index (χ2n) is 6.66. The summed E-state index contributed by atoms with van der Waals surface area (Å²) in [6.45, 7) is 3.83. The van der Waals surface area contributed by atoms with Crippen LogP contribution in [0.2, 0.25) is 5.02 Å². The molecule has 1 heterocycles. The van der Waals surface area contributed by atoms with Gasteiger partial charge in [0.1, 0.15) is 6.04 Å². The molecule has 0 spiro atoms. The fourth-order valence-electron chi connectivity index (χ4n) is 2.66. The van der Waals surface area contributed by atoms with Crippen molar-refractivity contribution in [2.75, 3.05) is 10.6 Å². The van der Waals surface area contributed by atoms with Gasteiger partial charge in [0.25, 0.3) is 5.91 Å². The molecule has 0 bridgehead atoms. The van der Waals surface area contributed by atoms with Crippen LogP contribution in [0.25, 0.3) is 0 Å². The molecule has 0 aliphatic carbocycles. The molecule has 3 rings (SSSR count). The molecule has 150 valence electrons. The molecular formula is C20H21ClN6O2. The Bertz CT molecular complexity index is 1000. The Labute approximate surface area is 173 Å². The fraction of sp³-hybridized carbons (Fsp3) is 0.200. The SMILES string of the molecule is Cc1ccc(N/C(N)=N/C2=NC(CC(=O)Nc3cc(Cl)ccc3C)C(=O)N2)cc1. The molecule has 5 N–H and O–H groups in total. The highest BCUT2D eigenvalue weighted by Gasteiger charge is 2.28. The van der Waals surface area contributed by atoms with E-state index in [2.05, 4.69) is 25.9 Å². The molecule has 0 aromatic heterocycles. The van der Waals surface area contributed by atoms with Gasteiger partial charge < -0.3 is 16.4 Å². The molecule has 0 saturated heterocycles. The Balaban J connectivity index is 1.62. The number of amides is 2. The lowest BCUT2D eigenvalue weighted by Gasteiger charge is -2.09. The van der Waals surface area contributed by atoms with Gasteiger partial charge in [-0.3, -0.25) is 14.9 Å². The van der Waals surface area contributed by atoms with Crippen molar-refractivity contribution in [3.8, 4) is 0 Å². The average molecular weight is 413 g/mol. The van der Waals surface area contributed by atoms with Gasteiger partial charge in [-0.25, -0.2) is 4.99 Å². The van der Waals surface area contributed by atoms with Crippen LogP contribution < -0.4 is 21.7 Å². The zero-order valence-electron chi connectivity index (χ0n) is 16.0. The first kappa shape index (κ1) is 20.3. The normalized spacial score (nSPS) is 16.2. The van der Waals surface area contributed by atoms with Crippen molar-refractivity contribution >= 4 is 46.7 Å². The summed E-state index contributed by atoms with van der Waals surface area (Å²) in [6.07, 6.45) is -0.123. The van der Waals surface area contributed by atoms with E-state index in [0.717, 1.165) is 16.8 Å². The summed E-state index contributed by atoms with van der Waals surface area (Å²) >= 11 is 5.96. The van der Waals surface area contributed by atoms with Gasteiger partial charge >= 0.3 is 0 Å². The van der Waals surface area contributed by atoms with Crippen LogP contribution in [0.5, 0.6) is 0 Å². The van der Waals surface area contributed by atoms with Crippen LogP contribution in [-0.2, 0) is 9.59 Å². The average Bonchev–Trinajstić information content (AvgIpc) is 2.98. The fourth-order valence-corrected chi connectivity index (χ4v) is 2.83. The Kier molecular flexibility index (Phi) is 6.13. The third-order valence-corrected chi connectivity index (χ3v) is 4.45. The number of nitrogens with zero attached hydrogens (tertiary/aromatic N) is 2. The van der Waals surface area contributed by atoms with Crippen molar-refractivity contribution in [1.29, 1.82) is 0 Å². The number of hydrogen-bond acceptors (Lipinski definition) is 4. The summed E-state index contributed by atoms with van der Waals surface area (Å²) < 4.78 is 0. The first-order valence-electron chi connectivity index (χ1n) is 8.92. The zero-order valence-corrected chi connectivity index (χ0v) is 16.7. The summed E-state index contributed by atoms with van der Waals surface area (Å²) in [5.41, 5.74) is 9.20. The van der Waals surface area contributed by atoms with Crippen molar-refractivity contribution in [3.05, 3.63) is 58.6 Å². The number of nitrogens with two attached hydrogens (primary N) is 1. The monoisotopic (exact) mass is 412 g/mol. The highest BCUT2D eigenvalue weighted by atomic mass is 35.5. The van der Waals surface area contributed by atoms with Gasteiger partial charge in [0.05, 0.1) is 6.42 Å². The minimum absolute atomic E-state index is 0.0591. The molecule has 1 atom stereocenters. The molecule has 2 aromatic rings. The van der Waals surface area contributed by atoms with Crippen molar-refractivity contribution in [3.63, 3.8) is 0 Å². The highest BCUT2D eigenvalue weighted by Crippen LogP contribution is 2.20. The highest BCUT2D eigenvalue weighted by molar-refractivity contribution is 6.31. The van der Waals surface area contributed by atoms with E-state index in [1.165, 1.54) is 0 Å². The van der Waals surface area contributed by atoms with Crippen LogP contribution in [0, 0.1) is 13.8 Å². The summed E-state index contributed by atoms with van der Waals surface area (Å²) in [5, 5.41) is 8.69. The number of aryl methyl sites for hydroxylation is 2. The van der Waals surface area contributed by atoms with E-state index in [-0.39, 0.29) is 24.2 Å². The first-order chi connectivity index (χ1) is 13.8. The Morgan fingerprint density at radius 1 is 1.21 bits per heavy atom. The Hall–Kier alpha value is -3.39. The van der Waals surface area contributed by atoms with Gasteiger partial charge in [-0.15, -0.1) is 0 Å². The van der Waals surface area contributed by atoms with Crippen LogP contribution in [0.15, 0.2) is 52.4 Å². The Morgan fingerprint density at radius 2 is 1.93 bits per heavy atom. The molecule has 0 fully saturated rings. The van der Waals surface area contributed by atoms with Crippen LogP contribution >= 0.6 is 11.6 Å². The van der Waals surface area contributed by atoms with E-state index in [0.29, 0.717) is 10.7 Å². The van der Waals surface area contributed by atoms with Gasteiger partial charge in [0.2, 0.25) is 17.8 Å². The van der Waals surface area contributed by atoms with Gasteiger partial charge in [-0.2, -0.15) is 4.99 Å². The maximum atomic E-state index is 12.3. The molecule has 2 aromatic carbocycles. The quantitative estimate of drug-likeness (QED) is 0.455. The number of halogens is 1. The van der Waals surface area contributed by atoms with Crippen LogP contribution in [0.4, 0.5) is 11.4 Å². The molecule has 9 heteroatoms. The zero-order chi connectivity index (χ0) is 21.0. The molecule has 0 saturated carbocycles. The van der Waals surface area contributed by atoms with Crippen molar-refractivity contribution < 1.29 is 9.59 Å². The topological polar surface area (TPSA) is 121 Å². The number of rotatable bonds is 4. The lowest BCUT2D eigenvalue weighted by molar-refractivity contribution is -0.123. The van der Waals surface area contributed by atoms with Crippen molar-refractivity contribution in [2.45, 2.75) is 26.3 Å². The smallest absolute Gasteiger partial charge is 0.252 e. The molecule has 29 heavy (non-hydrogen) atoms. The van der Waals surface area contributed by atoms with E-state index < -0.39 is 11.9 Å². The van der Waals surface area contributed by atoms with Crippen LogP contribution in [0.1, 0.15) is 17.5 Å². The summed E-state index contributed by atoms with van der Waals surface area (Å²) in [4.78, 5) is 32.6. The molecule has 1 aliphatic heterocycles. The van der Waals surface area contributed by atoms with Crippen molar-refractivity contribution in [1.82, 2.24) is 5.32 Å². The minimum atomic E-state index is -0.875. The van der Waals surface area contributed by atoms with Crippen LogP contribution in [0.3, 0.4) is 0 Å². The predicted molar refractivity (Wildman–Crippen MR) is 115 cm³/mol. The summed E-state index contributed by atoms with van der Waals surface area (Å²) in [7, 11) is 0. The predicted octanol–water partition coefficient (Wildman–Crippen LogP) is 2.57. The number of anilines is 2. The van der Waals surface area contributed by atoms with E-state index in [4.69, 9.17) is 17.3 Å². The molecule has 1 unspecified atom stereocenters. The van der Waals surface area contributed by atoms with E-state index in [1.54, 1.807) is 18.2 Å². The molecule has 0 radical (unpaired) electrons. The molecule has 2 amide bonds. The molecule has 8 nitrogen and oxygen atoms in total. The molecule has 1 aliphatic rings. The number of carbonyl (C=O) groups excluding carboxylic acids is 2. The maximum absolute atomic E-state index is 12.3. The van der Waals surface area contributed by atoms with Crippen LogP contribution in [-0.4, -0.2) is 29.8 Å². The number of carbonyl (C=O) groups is 2. The van der Waals surface area contributed by atoms with Gasteiger partial charge in [-0.05, 0) is 43.7 Å². The van der Waals surface area contributed by atoms with E-state index in [9.17, 15) is 9.59 Å². The number of guanidine groups is 2. The van der Waals surface area contributed by atoms with Gasteiger partial charge in [0.15, 0.2) is 0 Å². The van der Waals surface area contributed by atoms with E-state index in [1.807, 2.05) is 38.1 Å². The second kappa shape index (κ2) is 8.74. The largest absolute Gasteiger partial charge is 0.369 e. The van der Waals surface area contributed by atoms with Gasteiger partial charge in [-0.1, -0.05) is 35.4 Å². The number of aliphatic imine (C=N–C) groups is 2. The number of hydrogen-bond donors (Lipinski definition) is 4. The third-order valence-electron chi connectivity index (χ3n) is 4.22. The number of benzene rings is 2. The minimum Gasteiger partial charge on any atom is -0.369 e. The lowest BCUT2D eigenvalue weighted by Crippen LogP contribution is -2.32. The summed E-state index contributed by atoms with van der Waals surface area (Å²) in [5.74, 6) is -0.628.